The molecule has 1 aliphatic heterocycles. The molecule has 0 unspecified atom stereocenters. The maximum absolute atomic E-state index is 5.16. The highest BCUT2D eigenvalue weighted by Gasteiger charge is 2.31. The SMILES string of the molecule is CC(C)c1ncc(C#CC2(C)COC2)s1. The number of hydrogen-bond acceptors (Lipinski definition) is 3. The van der Waals surface area contributed by atoms with Crippen LogP contribution in [-0.4, -0.2) is 18.2 Å². The average molecular weight is 221 g/mol. The van der Waals surface area contributed by atoms with Crippen LogP contribution < -0.4 is 0 Å². The van der Waals surface area contributed by atoms with Gasteiger partial charge in [-0.3, -0.25) is 0 Å². The number of hydrogen-bond donors (Lipinski definition) is 0. The lowest BCUT2D eigenvalue weighted by molar-refractivity contribution is -0.0648. The summed E-state index contributed by atoms with van der Waals surface area (Å²) in [6.45, 7) is 7.95. The minimum absolute atomic E-state index is 0.0714. The third-order valence-corrected chi connectivity index (χ3v) is 3.56. The molecule has 0 N–H and O–H groups in total. The second-order valence-corrected chi connectivity index (χ2v) is 5.58. The first-order valence-corrected chi connectivity index (χ1v) is 5.97. The molecule has 3 heteroatoms. The van der Waals surface area contributed by atoms with Crippen molar-refractivity contribution in [1.82, 2.24) is 4.98 Å². The Hall–Kier alpha value is -0.850. The van der Waals surface area contributed by atoms with E-state index in [1.54, 1.807) is 11.3 Å². The molecule has 0 amide bonds. The third kappa shape index (κ3) is 2.39. The van der Waals surface area contributed by atoms with E-state index in [0.29, 0.717) is 5.92 Å². The van der Waals surface area contributed by atoms with E-state index in [0.717, 1.165) is 23.1 Å². The molecule has 2 nitrogen and oxygen atoms in total. The van der Waals surface area contributed by atoms with Crippen molar-refractivity contribution in [3.63, 3.8) is 0 Å². The van der Waals surface area contributed by atoms with Crippen LogP contribution in [0.25, 0.3) is 0 Å². The fraction of sp³-hybridized carbons (Fsp3) is 0.583. The Morgan fingerprint density at radius 3 is 2.73 bits per heavy atom. The minimum atomic E-state index is 0.0714. The van der Waals surface area contributed by atoms with Gasteiger partial charge < -0.3 is 4.74 Å². The van der Waals surface area contributed by atoms with Gasteiger partial charge >= 0.3 is 0 Å². The molecule has 1 saturated heterocycles. The standard InChI is InChI=1S/C12H15NOS/c1-9(2)11-13-6-10(15-11)4-5-12(3)7-14-8-12/h6,9H,7-8H2,1-3H3. The van der Waals surface area contributed by atoms with E-state index in [-0.39, 0.29) is 5.41 Å². The number of ether oxygens (including phenoxy) is 1. The van der Waals surface area contributed by atoms with E-state index in [1.165, 1.54) is 0 Å². The zero-order chi connectivity index (χ0) is 10.9. The van der Waals surface area contributed by atoms with Crippen molar-refractivity contribution in [1.29, 1.82) is 0 Å². The quantitative estimate of drug-likeness (QED) is 0.680. The molecule has 1 aromatic heterocycles. The van der Waals surface area contributed by atoms with Crippen molar-refractivity contribution < 1.29 is 4.74 Å². The molecule has 80 valence electrons. The fourth-order valence-corrected chi connectivity index (χ4v) is 2.08. The second kappa shape index (κ2) is 3.96. The van der Waals surface area contributed by atoms with E-state index in [1.807, 2.05) is 6.20 Å². The van der Waals surface area contributed by atoms with Gasteiger partial charge in [0.2, 0.25) is 0 Å². The summed E-state index contributed by atoms with van der Waals surface area (Å²) >= 11 is 1.69. The Morgan fingerprint density at radius 1 is 1.53 bits per heavy atom. The van der Waals surface area contributed by atoms with Crippen LogP contribution in [0.1, 0.15) is 36.6 Å². The van der Waals surface area contributed by atoms with Crippen LogP contribution in [0.15, 0.2) is 6.20 Å². The molecule has 1 aliphatic rings. The summed E-state index contributed by atoms with van der Waals surface area (Å²) in [6, 6.07) is 0. The van der Waals surface area contributed by atoms with E-state index in [2.05, 4.69) is 37.6 Å². The summed E-state index contributed by atoms with van der Waals surface area (Å²) in [5, 5.41) is 1.16. The Kier molecular flexibility index (Phi) is 2.81. The van der Waals surface area contributed by atoms with Gasteiger partial charge in [-0.1, -0.05) is 25.7 Å². The summed E-state index contributed by atoms with van der Waals surface area (Å²) in [7, 11) is 0. The maximum atomic E-state index is 5.16. The van der Waals surface area contributed by atoms with Gasteiger partial charge in [0.1, 0.15) is 0 Å². The second-order valence-electron chi connectivity index (χ2n) is 4.52. The van der Waals surface area contributed by atoms with E-state index in [4.69, 9.17) is 4.74 Å². The zero-order valence-electron chi connectivity index (χ0n) is 9.33. The Labute approximate surface area is 94.7 Å². The van der Waals surface area contributed by atoms with Crippen LogP contribution in [0.4, 0.5) is 0 Å². The first-order chi connectivity index (χ1) is 7.09. The highest BCUT2D eigenvalue weighted by Crippen LogP contribution is 2.26. The van der Waals surface area contributed by atoms with Crippen molar-refractivity contribution in [2.45, 2.75) is 26.7 Å². The normalized spacial score (nSPS) is 18.1. The minimum Gasteiger partial charge on any atom is -0.378 e. The van der Waals surface area contributed by atoms with E-state index in [9.17, 15) is 0 Å². The number of thiazole rings is 1. The summed E-state index contributed by atoms with van der Waals surface area (Å²) < 4.78 is 5.16. The molecule has 2 rings (SSSR count). The molecule has 0 radical (unpaired) electrons. The van der Waals surface area contributed by atoms with E-state index < -0.39 is 0 Å². The average Bonchev–Trinajstić information content (AvgIpc) is 2.60. The van der Waals surface area contributed by atoms with Crippen molar-refractivity contribution in [3.8, 4) is 11.8 Å². The van der Waals surface area contributed by atoms with Crippen molar-refractivity contribution in [2.24, 2.45) is 5.41 Å². The molecule has 0 atom stereocenters. The molecule has 15 heavy (non-hydrogen) atoms. The van der Waals surface area contributed by atoms with Gasteiger partial charge in [-0.15, -0.1) is 11.3 Å². The zero-order valence-corrected chi connectivity index (χ0v) is 10.1. The van der Waals surface area contributed by atoms with Gasteiger partial charge in [-0.05, 0) is 6.92 Å². The molecule has 0 saturated carbocycles. The third-order valence-electron chi connectivity index (χ3n) is 2.35. The Balaban J connectivity index is 2.10. The van der Waals surface area contributed by atoms with Gasteiger partial charge in [0, 0.05) is 5.92 Å². The first kappa shape index (κ1) is 10.7. The highest BCUT2D eigenvalue weighted by atomic mass is 32.1. The molecule has 0 aromatic carbocycles. The molecule has 2 heterocycles. The fourth-order valence-electron chi connectivity index (χ4n) is 1.31. The molecule has 0 bridgehead atoms. The number of aromatic nitrogens is 1. The largest absolute Gasteiger partial charge is 0.378 e. The first-order valence-electron chi connectivity index (χ1n) is 5.16. The van der Waals surface area contributed by atoms with Crippen LogP contribution in [0.5, 0.6) is 0 Å². The number of nitrogens with zero attached hydrogens (tertiary/aromatic N) is 1. The predicted octanol–water partition coefficient (Wildman–Crippen LogP) is 2.65. The predicted molar refractivity (Wildman–Crippen MR) is 62.0 cm³/mol. The Bertz CT molecular complexity index is 407. The molecule has 0 aliphatic carbocycles. The molecular formula is C12H15NOS. The van der Waals surface area contributed by atoms with E-state index >= 15 is 0 Å². The molecule has 0 spiro atoms. The summed E-state index contributed by atoms with van der Waals surface area (Å²) in [4.78, 5) is 5.41. The van der Waals surface area contributed by atoms with Crippen LogP contribution in [0.2, 0.25) is 0 Å². The van der Waals surface area contributed by atoms with Crippen LogP contribution in [0, 0.1) is 17.3 Å². The van der Waals surface area contributed by atoms with Gasteiger partial charge in [0.05, 0.1) is 34.7 Å². The van der Waals surface area contributed by atoms with Gasteiger partial charge in [-0.2, -0.15) is 0 Å². The van der Waals surface area contributed by atoms with Gasteiger partial charge in [0.25, 0.3) is 0 Å². The topological polar surface area (TPSA) is 22.1 Å². The van der Waals surface area contributed by atoms with Crippen molar-refractivity contribution >= 4 is 11.3 Å². The van der Waals surface area contributed by atoms with Crippen LogP contribution >= 0.6 is 11.3 Å². The lowest BCUT2D eigenvalue weighted by atomic mass is 9.90. The van der Waals surface area contributed by atoms with Crippen molar-refractivity contribution in [2.75, 3.05) is 13.2 Å². The number of rotatable bonds is 1. The smallest absolute Gasteiger partial charge is 0.0970 e. The van der Waals surface area contributed by atoms with Gasteiger partial charge in [-0.25, -0.2) is 4.98 Å². The highest BCUT2D eigenvalue weighted by molar-refractivity contribution is 7.12. The molecular weight excluding hydrogens is 206 g/mol. The lowest BCUT2D eigenvalue weighted by Crippen LogP contribution is -2.38. The monoisotopic (exact) mass is 221 g/mol. The molecule has 1 fully saturated rings. The summed E-state index contributed by atoms with van der Waals surface area (Å²) in [5.74, 6) is 6.94. The van der Waals surface area contributed by atoms with Crippen molar-refractivity contribution in [3.05, 3.63) is 16.1 Å². The van der Waals surface area contributed by atoms with Crippen LogP contribution in [0.3, 0.4) is 0 Å². The summed E-state index contributed by atoms with van der Waals surface area (Å²) in [6.07, 6.45) is 1.87. The van der Waals surface area contributed by atoms with Crippen LogP contribution in [-0.2, 0) is 4.74 Å². The molecule has 1 aromatic rings. The maximum Gasteiger partial charge on any atom is 0.0970 e. The van der Waals surface area contributed by atoms with Gasteiger partial charge in [0.15, 0.2) is 0 Å². The Morgan fingerprint density at radius 2 is 2.27 bits per heavy atom. The summed E-state index contributed by atoms with van der Waals surface area (Å²) in [5.41, 5.74) is 0.0714. The lowest BCUT2D eigenvalue weighted by Gasteiger charge is -2.32.